The standard InChI is InChI=1S/C24H25ClN2O5S/c1-16-9-11-18(12-10-16)33(29,30)27-21(13-17-7-5-4-6-8-17)24(28)26-20-15-22(31-2)19(25)14-23(20)32-3/h4-12,14-15,21,27H,13H2,1-3H3,(H,26,28)/t21-/m0/s1. The fourth-order valence-corrected chi connectivity index (χ4v) is 4.61. The molecule has 0 aromatic heterocycles. The number of carbonyl (C=O) groups is 1. The number of sulfonamides is 1. The second-order valence-corrected chi connectivity index (χ2v) is 9.47. The molecule has 3 rings (SSSR count). The number of hydrogen-bond donors (Lipinski definition) is 2. The molecule has 1 atom stereocenters. The average Bonchev–Trinajstić information content (AvgIpc) is 2.80. The van der Waals surface area contributed by atoms with E-state index in [-0.39, 0.29) is 11.3 Å². The lowest BCUT2D eigenvalue weighted by Crippen LogP contribution is -2.45. The van der Waals surface area contributed by atoms with Crippen molar-refractivity contribution in [2.24, 2.45) is 0 Å². The predicted molar refractivity (Wildman–Crippen MR) is 129 cm³/mol. The van der Waals surface area contributed by atoms with Crippen LogP contribution in [0.4, 0.5) is 5.69 Å². The number of carbonyl (C=O) groups excluding carboxylic acids is 1. The predicted octanol–water partition coefficient (Wildman–Crippen LogP) is 4.19. The highest BCUT2D eigenvalue weighted by Gasteiger charge is 2.27. The first-order chi connectivity index (χ1) is 15.7. The SMILES string of the molecule is COc1cc(NC(=O)[C@H](Cc2ccccc2)NS(=O)(=O)c2ccc(C)cc2)c(OC)cc1Cl. The van der Waals surface area contributed by atoms with Crippen LogP contribution >= 0.6 is 11.6 Å². The van der Waals surface area contributed by atoms with Crippen LogP contribution in [0.1, 0.15) is 11.1 Å². The van der Waals surface area contributed by atoms with Crippen LogP contribution in [-0.2, 0) is 21.2 Å². The molecule has 2 N–H and O–H groups in total. The van der Waals surface area contributed by atoms with E-state index in [0.29, 0.717) is 22.2 Å². The van der Waals surface area contributed by atoms with Crippen molar-refractivity contribution in [3.8, 4) is 11.5 Å². The second kappa shape index (κ2) is 10.7. The number of anilines is 1. The van der Waals surface area contributed by atoms with E-state index in [2.05, 4.69) is 10.0 Å². The number of ether oxygens (including phenoxy) is 2. The van der Waals surface area contributed by atoms with Crippen molar-refractivity contribution in [3.05, 3.63) is 82.9 Å². The van der Waals surface area contributed by atoms with Gasteiger partial charge in [-0.15, -0.1) is 0 Å². The summed E-state index contributed by atoms with van der Waals surface area (Å²) in [6, 6.07) is 17.5. The molecule has 174 valence electrons. The van der Waals surface area contributed by atoms with Gasteiger partial charge in [-0.2, -0.15) is 4.72 Å². The molecular weight excluding hydrogens is 464 g/mol. The highest BCUT2D eigenvalue weighted by molar-refractivity contribution is 7.89. The minimum Gasteiger partial charge on any atom is -0.495 e. The lowest BCUT2D eigenvalue weighted by atomic mass is 10.1. The number of methoxy groups -OCH3 is 2. The van der Waals surface area contributed by atoms with Crippen LogP contribution in [0, 0.1) is 6.92 Å². The second-order valence-electron chi connectivity index (χ2n) is 7.35. The topological polar surface area (TPSA) is 93.7 Å². The Hall–Kier alpha value is -3.07. The quantitative estimate of drug-likeness (QED) is 0.471. The maximum atomic E-state index is 13.3. The van der Waals surface area contributed by atoms with Crippen molar-refractivity contribution in [2.45, 2.75) is 24.3 Å². The number of nitrogens with one attached hydrogen (secondary N) is 2. The Morgan fingerprint density at radius 1 is 0.970 bits per heavy atom. The van der Waals surface area contributed by atoms with Gasteiger partial charge in [0.25, 0.3) is 0 Å². The first kappa shape index (κ1) is 24.6. The smallest absolute Gasteiger partial charge is 0.243 e. The van der Waals surface area contributed by atoms with Crippen LogP contribution in [0.5, 0.6) is 11.5 Å². The van der Waals surface area contributed by atoms with E-state index in [4.69, 9.17) is 21.1 Å². The van der Waals surface area contributed by atoms with Crippen molar-refractivity contribution >= 4 is 33.2 Å². The zero-order chi connectivity index (χ0) is 24.0. The summed E-state index contributed by atoms with van der Waals surface area (Å²) in [6.07, 6.45) is 0.144. The number of amides is 1. The minimum atomic E-state index is -3.96. The fourth-order valence-electron chi connectivity index (χ4n) is 3.19. The van der Waals surface area contributed by atoms with Gasteiger partial charge in [0.15, 0.2) is 0 Å². The van der Waals surface area contributed by atoms with Crippen molar-refractivity contribution in [2.75, 3.05) is 19.5 Å². The van der Waals surface area contributed by atoms with Gasteiger partial charge in [0, 0.05) is 12.1 Å². The van der Waals surface area contributed by atoms with Gasteiger partial charge in [0.1, 0.15) is 17.5 Å². The summed E-state index contributed by atoms with van der Waals surface area (Å²) >= 11 is 6.14. The van der Waals surface area contributed by atoms with Gasteiger partial charge in [-0.1, -0.05) is 59.6 Å². The van der Waals surface area contributed by atoms with Crippen LogP contribution in [0.2, 0.25) is 5.02 Å². The number of hydrogen-bond acceptors (Lipinski definition) is 5. The molecule has 3 aromatic rings. The largest absolute Gasteiger partial charge is 0.495 e. The number of rotatable bonds is 9. The highest BCUT2D eigenvalue weighted by atomic mass is 35.5. The van der Waals surface area contributed by atoms with Gasteiger partial charge in [0.2, 0.25) is 15.9 Å². The third-order valence-corrected chi connectivity index (χ3v) is 6.74. The Labute approximate surface area is 198 Å². The maximum Gasteiger partial charge on any atom is 0.243 e. The molecule has 9 heteroatoms. The number of aryl methyl sites for hydroxylation is 1. The molecule has 3 aromatic carbocycles. The molecule has 0 unspecified atom stereocenters. The summed E-state index contributed by atoms with van der Waals surface area (Å²) < 4.78 is 39.1. The van der Waals surface area contributed by atoms with Crippen LogP contribution < -0.4 is 19.5 Å². The molecule has 0 heterocycles. The first-order valence-corrected chi connectivity index (χ1v) is 11.9. The molecular formula is C24H25ClN2O5S. The van der Waals surface area contributed by atoms with E-state index in [1.807, 2.05) is 37.3 Å². The van der Waals surface area contributed by atoms with Crippen LogP contribution in [0.25, 0.3) is 0 Å². The summed E-state index contributed by atoms with van der Waals surface area (Å²) in [5.74, 6) is 0.0961. The first-order valence-electron chi connectivity index (χ1n) is 10.1. The van der Waals surface area contributed by atoms with Crippen molar-refractivity contribution in [3.63, 3.8) is 0 Å². The third kappa shape index (κ3) is 6.25. The molecule has 33 heavy (non-hydrogen) atoms. The van der Waals surface area contributed by atoms with Crippen LogP contribution in [0.15, 0.2) is 71.6 Å². The molecule has 7 nitrogen and oxygen atoms in total. The van der Waals surface area contributed by atoms with Gasteiger partial charge < -0.3 is 14.8 Å². The molecule has 0 bridgehead atoms. The van der Waals surface area contributed by atoms with E-state index in [0.717, 1.165) is 11.1 Å². The minimum absolute atomic E-state index is 0.0738. The van der Waals surface area contributed by atoms with E-state index in [9.17, 15) is 13.2 Å². The summed E-state index contributed by atoms with van der Waals surface area (Å²) in [5, 5.41) is 3.05. The molecule has 0 aliphatic rings. The van der Waals surface area contributed by atoms with Crippen molar-refractivity contribution in [1.82, 2.24) is 4.72 Å². The third-order valence-electron chi connectivity index (χ3n) is 4.96. The molecule has 0 radical (unpaired) electrons. The summed E-state index contributed by atoms with van der Waals surface area (Å²) in [4.78, 5) is 13.3. The molecule has 0 spiro atoms. The highest BCUT2D eigenvalue weighted by Crippen LogP contribution is 2.36. The van der Waals surface area contributed by atoms with Crippen molar-refractivity contribution in [1.29, 1.82) is 0 Å². The Balaban J connectivity index is 1.92. The average molecular weight is 489 g/mol. The monoisotopic (exact) mass is 488 g/mol. The Bertz CT molecular complexity index is 1220. The fraction of sp³-hybridized carbons (Fsp3) is 0.208. The Kier molecular flexibility index (Phi) is 7.97. The lowest BCUT2D eigenvalue weighted by Gasteiger charge is -2.20. The molecule has 1 amide bonds. The molecule has 0 aliphatic heterocycles. The molecule has 0 saturated carbocycles. The molecule has 0 fully saturated rings. The van der Waals surface area contributed by atoms with E-state index >= 15 is 0 Å². The number of halogens is 1. The molecule has 0 aliphatic carbocycles. The Morgan fingerprint density at radius 2 is 1.61 bits per heavy atom. The van der Waals surface area contributed by atoms with E-state index in [1.54, 1.807) is 12.1 Å². The molecule has 0 saturated heterocycles. The summed E-state index contributed by atoms with van der Waals surface area (Å²) in [5.41, 5.74) is 2.03. The van der Waals surface area contributed by atoms with Crippen LogP contribution in [0.3, 0.4) is 0 Å². The number of benzene rings is 3. The van der Waals surface area contributed by atoms with Crippen molar-refractivity contribution < 1.29 is 22.7 Å². The van der Waals surface area contributed by atoms with Gasteiger partial charge >= 0.3 is 0 Å². The summed E-state index contributed by atoms with van der Waals surface area (Å²) in [6.45, 7) is 1.86. The van der Waals surface area contributed by atoms with Crippen LogP contribution in [-0.4, -0.2) is 34.6 Å². The maximum absolute atomic E-state index is 13.3. The lowest BCUT2D eigenvalue weighted by molar-refractivity contribution is -0.117. The summed E-state index contributed by atoms with van der Waals surface area (Å²) in [7, 11) is -1.07. The normalized spacial score (nSPS) is 12.1. The zero-order valence-corrected chi connectivity index (χ0v) is 20.0. The zero-order valence-electron chi connectivity index (χ0n) is 18.5. The van der Waals surface area contributed by atoms with Gasteiger partial charge in [-0.3, -0.25) is 4.79 Å². The van der Waals surface area contributed by atoms with E-state index < -0.39 is 22.0 Å². The van der Waals surface area contributed by atoms with Gasteiger partial charge in [-0.25, -0.2) is 8.42 Å². The van der Waals surface area contributed by atoms with Gasteiger partial charge in [-0.05, 0) is 31.0 Å². The van der Waals surface area contributed by atoms with Gasteiger partial charge in [0.05, 0.1) is 29.8 Å². The Morgan fingerprint density at radius 3 is 2.21 bits per heavy atom. The van der Waals surface area contributed by atoms with E-state index in [1.165, 1.54) is 38.5 Å².